The van der Waals surface area contributed by atoms with Gasteiger partial charge in [0.15, 0.2) is 10.3 Å². The third-order valence-electron chi connectivity index (χ3n) is 3.92. The van der Waals surface area contributed by atoms with Gasteiger partial charge in [-0.05, 0) is 46.3 Å². The molecule has 0 saturated carbocycles. The Labute approximate surface area is 145 Å². The van der Waals surface area contributed by atoms with E-state index >= 15 is 0 Å². The van der Waals surface area contributed by atoms with Gasteiger partial charge in [-0.3, -0.25) is 9.36 Å². The number of benzene rings is 2. The van der Waals surface area contributed by atoms with Gasteiger partial charge in [0.1, 0.15) is 0 Å². The Morgan fingerprint density at radius 1 is 1.13 bits per heavy atom. The molecule has 2 aromatic heterocycles. The van der Waals surface area contributed by atoms with E-state index in [0.717, 1.165) is 22.1 Å². The summed E-state index contributed by atoms with van der Waals surface area (Å²) in [5, 5.41) is 1.51. The highest BCUT2D eigenvalue weighted by atomic mass is 79.9. The van der Waals surface area contributed by atoms with Crippen molar-refractivity contribution in [2.75, 3.05) is 0 Å². The van der Waals surface area contributed by atoms with Crippen molar-refractivity contribution in [1.82, 2.24) is 14.1 Å². The average Bonchev–Trinajstić information content (AvgIpc) is 2.85. The molecule has 4 nitrogen and oxygen atoms in total. The van der Waals surface area contributed by atoms with Gasteiger partial charge in [0.25, 0.3) is 5.56 Å². The molecule has 6 heteroatoms. The zero-order valence-electron chi connectivity index (χ0n) is 12.1. The summed E-state index contributed by atoms with van der Waals surface area (Å²) in [7, 11) is 1.87. The van der Waals surface area contributed by atoms with Crippen LogP contribution in [0.3, 0.4) is 0 Å². The summed E-state index contributed by atoms with van der Waals surface area (Å²) in [6.45, 7) is 0. The van der Waals surface area contributed by atoms with Crippen LogP contribution in [0.15, 0.2) is 58.1 Å². The fraction of sp³-hybridized carbons (Fsp3) is 0.0588. The number of halogens is 2. The number of imidazole rings is 1. The van der Waals surface area contributed by atoms with Gasteiger partial charge in [0, 0.05) is 23.1 Å². The summed E-state index contributed by atoms with van der Waals surface area (Å²) >= 11 is 9.58. The first-order valence-electron chi connectivity index (χ1n) is 6.99. The lowest BCUT2D eigenvalue weighted by molar-refractivity contribution is 0.915. The second kappa shape index (κ2) is 5.22. The van der Waals surface area contributed by atoms with Gasteiger partial charge >= 0.3 is 0 Å². The molecule has 23 heavy (non-hydrogen) atoms. The Bertz CT molecular complexity index is 1120. The van der Waals surface area contributed by atoms with Crippen LogP contribution in [-0.4, -0.2) is 14.1 Å². The molecule has 4 aromatic rings. The topological polar surface area (TPSA) is 39.8 Å². The quantitative estimate of drug-likeness (QED) is 0.488. The van der Waals surface area contributed by atoms with Gasteiger partial charge in [-0.15, -0.1) is 0 Å². The zero-order valence-corrected chi connectivity index (χ0v) is 14.5. The smallest absolute Gasteiger partial charge is 0.283 e. The highest BCUT2D eigenvalue weighted by molar-refractivity contribution is 9.10. The molecule has 0 aliphatic carbocycles. The van der Waals surface area contributed by atoms with Crippen LogP contribution >= 0.6 is 27.5 Å². The lowest BCUT2D eigenvalue weighted by atomic mass is 10.1. The van der Waals surface area contributed by atoms with Crippen LogP contribution < -0.4 is 5.56 Å². The molecule has 0 aliphatic heterocycles. The number of fused-ring (bicyclic) bond motifs is 3. The van der Waals surface area contributed by atoms with Gasteiger partial charge in [-0.1, -0.05) is 29.8 Å². The highest BCUT2D eigenvalue weighted by Gasteiger charge is 2.18. The van der Waals surface area contributed by atoms with Crippen molar-refractivity contribution in [2.45, 2.75) is 0 Å². The monoisotopic (exact) mass is 387 g/mol. The standard InChI is InChI=1S/C17H11BrClN3O/c1-21-15-12-8-7-10(19)9-13(12)22(11-5-3-2-4-6-11)16(23)14(15)20-17(21)18/h2-9H,1H3. The molecule has 0 aliphatic rings. The molecule has 0 fully saturated rings. The SMILES string of the molecule is Cn1c(Br)nc2c(=O)n(-c3ccccc3)c3cc(Cl)ccc3c21. The minimum absolute atomic E-state index is 0.165. The maximum atomic E-state index is 13.0. The number of para-hydroxylation sites is 1. The van der Waals surface area contributed by atoms with E-state index in [0.29, 0.717) is 15.3 Å². The van der Waals surface area contributed by atoms with Gasteiger partial charge in [0.05, 0.1) is 11.0 Å². The van der Waals surface area contributed by atoms with Crippen LogP contribution in [0.4, 0.5) is 0 Å². The van der Waals surface area contributed by atoms with E-state index in [1.807, 2.05) is 60.1 Å². The molecule has 0 radical (unpaired) electrons. The van der Waals surface area contributed by atoms with E-state index in [9.17, 15) is 4.79 Å². The van der Waals surface area contributed by atoms with Crippen LogP contribution in [0.25, 0.3) is 27.6 Å². The second-order valence-corrected chi connectivity index (χ2v) is 6.42. The van der Waals surface area contributed by atoms with Crippen LogP contribution in [0, 0.1) is 0 Å². The molecule has 0 atom stereocenters. The first kappa shape index (κ1) is 14.5. The molecule has 0 N–H and O–H groups in total. The summed E-state index contributed by atoms with van der Waals surface area (Å²) in [4.78, 5) is 17.4. The Kier molecular flexibility index (Phi) is 3.28. The van der Waals surface area contributed by atoms with Gasteiger partial charge < -0.3 is 4.57 Å². The molecule has 0 spiro atoms. The van der Waals surface area contributed by atoms with Crippen molar-refractivity contribution >= 4 is 49.5 Å². The number of pyridine rings is 1. The van der Waals surface area contributed by atoms with Crippen molar-refractivity contribution in [3.63, 3.8) is 0 Å². The lowest BCUT2D eigenvalue weighted by Gasteiger charge is -2.12. The van der Waals surface area contributed by atoms with E-state index in [-0.39, 0.29) is 5.56 Å². The maximum absolute atomic E-state index is 13.0. The molecule has 0 unspecified atom stereocenters. The van der Waals surface area contributed by atoms with Crippen molar-refractivity contribution in [1.29, 1.82) is 0 Å². The predicted molar refractivity (Wildman–Crippen MR) is 96.5 cm³/mol. The Hall–Kier alpha value is -2.11. The molecule has 2 aromatic carbocycles. The largest absolute Gasteiger partial charge is 0.321 e. The number of hydrogen-bond acceptors (Lipinski definition) is 2. The van der Waals surface area contributed by atoms with E-state index in [2.05, 4.69) is 20.9 Å². The average molecular weight is 389 g/mol. The predicted octanol–water partition coefficient (Wildman–Crippen LogP) is 4.29. The first-order valence-corrected chi connectivity index (χ1v) is 8.16. The summed E-state index contributed by atoms with van der Waals surface area (Å²) in [6, 6.07) is 15.1. The number of rotatable bonds is 1. The summed E-state index contributed by atoms with van der Waals surface area (Å²) in [6.07, 6.45) is 0. The number of hydrogen-bond donors (Lipinski definition) is 0. The third-order valence-corrected chi connectivity index (χ3v) is 4.86. The maximum Gasteiger partial charge on any atom is 0.283 e. The molecular weight excluding hydrogens is 378 g/mol. The van der Waals surface area contributed by atoms with E-state index in [1.54, 1.807) is 4.57 Å². The van der Waals surface area contributed by atoms with Crippen LogP contribution in [0.5, 0.6) is 0 Å². The molecule has 0 amide bonds. The van der Waals surface area contributed by atoms with E-state index in [1.165, 1.54) is 0 Å². The molecule has 2 heterocycles. The zero-order chi connectivity index (χ0) is 16.1. The summed E-state index contributed by atoms with van der Waals surface area (Å²) < 4.78 is 4.14. The lowest BCUT2D eigenvalue weighted by Crippen LogP contribution is -2.19. The number of nitrogens with zero attached hydrogens (tertiary/aromatic N) is 3. The van der Waals surface area contributed by atoms with E-state index < -0.39 is 0 Å². The minimum Gasteiger partial charge on any atom is -0.321 e. The molecular formula is C17H11BrClN3O. The van der Waals surface area contributed by atoms with Crippen molar-refractivity contribution in [3.8, 4) is 5.69 Å². The fourth-order valence-corrected chi connectivity index (χ4v) is 3.39. The Morgan fingerprint density at radius 3 is 2.61 bits per heavy atom. The van der Waals surface area contributed by atoms with Crippen molar-refractivity contribution in [3.05, 3.63) is 68.6 Å². The summed E-state index contributed by atoms with van der Waals surface area (Å²) in [5.74, 6) is 0. The number of aryl methyl sites for hydroxylation is 1. The van der Waals surface area contributed by atoms with Crippen molar-refractivity contribution in [2.24, 2.45) is 7.05 Å². The second-order valence-electron chi connectivity index (χ2n) is 5.27. The minimum atomic E-state index is -0.165. The molecule has 4 rings (SSSR count). The Morgan fingerprint density at radius 2 is 1.87 bits per heavy atom. The first-order chi connectivity index (χ1) is 11.1. The molecule has 0 bridgehead atoms. The van der Waals surface area contributed by atoms with E-state index in [4.69, 9.17) is 11.6 Å². The van der Waals surface area contributed by atoms with Crippen LogP contribution in [0.2, 0.25) is 5.02 Å². The third kappa shape index (κ3) is 2.11. The highest BCUT2D eigenvalue weighted by Crippen LogP contribution is 2.28. The van der Waals surface area contributed by atoms with Gasteiger partial charge in [0.2, 0.25) is 0 Å². The van der Waals surface area contributed by atoms with Gasteiger partial charge in [-0.25, -0.2) is 4.98 Å². The fourth-order valence-electron chi connectivity index (χ4n) is 2.87. The summed E-state index contributed by atoms with van der Waals surface area (Å²) in [5.41, 5.74) is 2.60. The van der Waals surface area contributed by atoms with Crippen LogP contribution in [-0.2, 0) is 7.05 Å². The normalized spacial score (nSPS) is 11.4. The number of aromatic nitrogens is 3. The Balaban J connectivity index is 2.31. The van der Waals surface area contributed by atoms with Gasteiger partial charge in [-0.2, -0.15) is 0 Å². The molecule has 114 valence electrons. The molecule has 0 saturated heterocycles. The van der Waals surface area contributed by atoms with Crippen LogP contribution in [0.1, 0.15) is 0 Å². The van der Waals surface area contributed by atoms with Crippen molar-refractivity contribution < 1.29 is 0 Å².